The van der Waals surface area contributed by atoms with E-state index in [0.29, 0.717) is 0 Å². The van der Waals surface area contributed by atoms with Gasteiger partial charge < -0.3 is 4.57 Å². The van der Waals surface area contributed by atoms with Gasteiger partial charge in [-0.3, -0.25) is 0 Å². The minimum atomic E-state index is 0.965. The molecular formula is C13H15BrN2S. The highest BCUT2D eigenvalue weighted by atomic mass is 79.9. The van der Waals surface area contributed by atoms with E-state index in [4.69, 9.17) is 4.98 Å². The molecule has 0 aromatic carbocycles. The summed E-state index contributed by atoms with van der Waals surface area (Å²) in [6.07, 6.45) is 4.96. The zero-order valence-corrected chi connectivity index (χ0v) is 12.3. The van der Waals surface area contributed by atoms with E-state index < -0.39 is 0 Å². The van der Waals surface area contributed by atoms with Crippen molar-refractivity contribution in [1.29, 1.82) is 0 Å². The van der Waals surface area contributed by atoms with Gasteiger partial charge in [-0.05, 0) is 60.0 Å². The fraction of sp³-hybridized carbons (Fsp3) is 0.462. The van der Waals surface area contributed by atoms with Gasteiger partial charge in [-0.1, -0.05) is 0 Å². The Morgan fingerprint density at radius 1 is 1.41 bits per heavy atom. The molecule has 0 fully saturated rings. The molecule has 0 radical (unpaired) electrons. The second kappa shape index (κ2) is 4.58. The van der Waals surface area contributed by atoms with Crippen LogP contribution in [0.3, 0.4) is 0 Å². The Bertz CT molecular complexity index is 542. The minimum absolute atomic E-state index is 0.965. The van der Waals surface area contributed by atoms with Gasteiger partial charge in [0.1, 0.15) is 5.82 Å². The zero-order chi connectivity index (χ0) is 11.8. The molecule has 1 aliphatic carbocycles. The first-order valence-corrected chi connectivity index (χ1v) is 7.69. The summed E-state index contributed by atoms with van der Waals surface area (Å²) in [4.78, 5) is 6.10. The molecule has 2 aromatic rings. The smallest absolute Gasteiger partial charge is 0.106 e. The second-order valence-electron chi connectivity index (χ2n) is 4.54. The molecule has 1 aliphatic rings. The van der Waals surface area contributed by atoms with Crippen LogP contribution in [-0.4, -0.2) is 9.55 Å². The largest absolute Gasteiger partial charge is 0.327 e. The summed E-state index contributed by atoms with van der Waals surface area (Å²) < 4.78 is 3.62. The van der Waals surface area contributed by atoms with Crippen molar-refractivity contribution < 1.29 is 0 Å². The van der Waals surface area contributed by atoms with Gasteiger partial charge >= 0.3 is 0 Å². The van der Waals surface area contributed by atoms with E-state index >= 15 is 0 Å². The number of thiophene rings is 1. The number of aryl methyl sites for hydroxylation is 2. The highest BCUT2D eigenvalue weighted by molar-refractivity contribution is 9.10. The van der Waals surface area contributed by atoms with E-state index in [1.54, 1.807) is 0 Å². The van der Waals surface area contributed by atoms with Crippen LogP contribution in [0.5, 0.6) is 0 Å². The highest BCUT2D eigenvalue weighted by Gasteiger charge is 2.18. The Morgan fingerprint density at radius 2 is 2.24 bits per heavy atom. The number of halogens is 1. The first-order valence-electron chi connectivity index (χ1n) is 6.02. The first-order chi connectivity index (χ1) is 8.25. The molecule has 0 aliphatic heterocycles. The highest BCUT2D eigenvalue weighted by Crippen LogP contribution is 2.27. The SMILES string of the molecule is Cc1nc2c(n1Cc1sccc1Br)CCCC2. The monoisotopic (exact) mass is 310 g/mol. The Labute approximate surface area is 114 Å². The predicted molar refractivity (Wildman–Crippen MR) is 74.7 cm³/mol. The second-order valence-corrected chi connectivity index (χ2v) is 6.39. The lowest BCUT2D eigenvalue weighted by Gasteiger charge is -2.14. The fourth-order valence-electron chi connectivity index (χ4n) is 2.53. The molecule has 0 amide bonds. The van der Waals surface area contributed by atoms with Crippen LogP contribution in [0.25, 0.3) is 0 Å². The summed E-state index contributed by atoms with van der Waals surface area (Å²) in [5, 5.41) is 2.14. The standard InChI is InChI=1S/C13H15BrN2S/c1-9-15-11-4-2-3-5-12(11)16(9)8-13-10(14)6-7-17-13/h6-7H,2-5,8H2,1H3. The maximum atomic E-state index is 4.71. The topological polar surface area (TPSA) is 17.8 Å². The number of imidazole rings is 1. The van der Waals surface area contributed by atoms with Crippen LogP contribution in [0, 0.1) is 6.92 Å². The van der Waals surface area contributed by atoms with Gasteiger partial charge in [0.25, 0.3) is 0 Å². The third kappa shape index (κ3) is 2.08. The summed E-state index contributed by atoms with van der Waals surface area (Å²) in [7, 11) is 0. The number of hydrogen-bond acceptors (Lipinski definition) is 2. The van der Waals surface area contributed by atoms with Crippen LogP contribution < -0.4 is 0 Å². The Hall–Kier alpha value is -0.610. The van der Waals surface area contributed by atoms with E-state index in [9.17, 15) is 0 Å². The van der Waals surface area contributed by atoms with Gasteiger partial charge in [-0.25, -0.2) is 4.98 Å². The minimum Gasteiger partial charge on any atom is -0.327 e. The Kier molecular flexibility index (Phi) is 3.09. The third-order valence-corrected chi connectivity index (χ3v) is 5.33. The van der Waals surface area contributed by atoms with E-state index in [1.807, 2.05) is 11.3 Å². The van der Waals surface area contributed by atoms with Crippen molar-refractivity contribution in [1.82, 2.24) is 9.55 Å². The van der Waals surface area contributed by atoms with Gasteiger partial charge in [-0.2, -0.15) is 0 Å². The fourth-order valence-corrected chi connectivity index (χ4v) is 3.99. The number of rotatable bonds is 2. The Balaban J connectivity index is 1.98. The molecular weight excluding hydrogens is 296 g/mol. The summed E-state index contributed by atoms with van der Waals surface area (Å²) in [5.41, 5.74) is 2.80. The maximum absolute atomic E-state index is 4.71. The van der Waals surface area contributed by atoms with Crippen LogP contribution in [0.2, 0.25) is 0 Å². The number of fused-ring (bicyclic) bond motifs is 1. The van der Waals surface area contributed by atoms with Gasteiger partial charge in [0.05, 0.1) is 12.2 Å². The van der Waals surface area contributed by atoms with Gasteiger partial charge in [0.15, 0.2) is 0 Å². The van der Waals surface area contributed by atoms with Crippen molar-refractivity contribution in [2.24, 2.45) is 0 Å². The summed E-state index contributed by atoms with van der Waals surface area (Å²) in [5.74, 6) is 1.16. The van der Waals surface area contributed by atoms with E-state index in [2.05, 4.69) is 38.9 Å². The van der Waals surface area contributed by atoms with Crippen LogP contribution in [0.1, 0.15) is 34.9 Å². The lowest BCUT2D eigenvalue weighted by Crippen LogP contribution is -2.09. The molecule has 17 heavy (non-hydrogen) atoms. The predicted octanol–water partition coefficient (Wildman–Crippen LogP) is 3.94. The summed E-state index contributed by atoms with van der Waals surface area (Å²) >= 11 is 5.42. The quantitative estimate of drug-likeness (QED) is 0.821. The first kappa shape index (κ1) is 11.5. The third-order valence-electron chi connectivity index (χ3n) is 3.42. The molecule has 0 N–H and O–H groups in total. The van der Waals surface area contributed by atoms with Gasteiger partial charge in [0, 0.05) is 15.0 Å². The van der Waals surface area contributed by atoms with Gasteiger partial charge in [-0.15, -0.1) is 11.3 Å². The van der Waals surface area contributed by atoms with Crippen LogP contribution in [-0.2, 0) is 19.4 Å². The molecule has 3 rings (SSSR count). The molecule has 0 atom stereocenters. The van der Waals surface area contributed by atoms with Crippen molar-refractivity contribution in [3.8, 4) is 0 Å². The van der Waals surface area contributed by atoms with Crippen LogP contribution in [0.15, 0.2) is 15.9 Å². The molecule has 0 bridgehead atoms. The molecule has 0 unspecified atom stereocenters. The summed E-state index contributed by atoms with van der Waals surface area (Å²) in [6.45, 7) is 3.09. The van der Waals surface area contributed by atoms with Crippen molar-refractivity contribution in [3.05, 3.63) is 38.0 Å². The molecule has 0 spiro atoms. The number of aromatic nitrogens is 2. The number of hydrogen-bond donors (Lipinski definition) is 0. The van der Waals surface area contributed by atoms with Crippen LogP contribution in [0.4, 0.5) is 0 Å². The van der Waals surface area contributed by atoms with Crippen molar-refractivity contribution in [2.75, 3.05) is 0 Å². The lowest BCUT2D eigenvalue weighted by molar-refractivity contribution is 0.626. The van der Waals surface area contributed by atoms with E-state index in [1.165, 1.54) is 40.0 Å². The van der Waals surface area contributed by atoms with Gasteiger partial charge in [0.2, 0.25) is 0 Å². The molecule has 0 saturated heterocycles. The number of nitrogens with zero attached hydrogens (tertiary/aromatic N) is 2. The maximum Gasteiger partial charge on any atom is 0.106 e. The average Bonchev–Trinajstić information content (AvgIpc) is 2.85. The Morgan fingerprint density at radius 3 is 3.00 bits per heavy atom. The van der Waals surface area contributed by atoms with E-state index in [-0.39, 0.29) is 0 Å². The zero-order valence-electron chi connectivity index (χ0n) is 9.87. The van der Waals surface area contributed by atoms with Crippen molar-refractivity contribution >= 4 is 27.3 Å². The van der Waals surface area contributed by atoms with Crippen molar-refractivity contribution in [2.45, 2.75) is 39.2 Å². The molecule has 2 aromatic heterocycles. The van der Waals surface area contributed by atoms with Crippen molar-refractivity contribution in [3.63, 3.8) is 0 Å². The molecule has 90 valence electrons. The molecule has 2 nitrogen and oxygen atoms in total. The molecule has 4 heteroatoms. The normalized spacial score (nSPS) is 14.9. The molecule has 2 heterocycles. The average molecular weight is 311 g/mol. The van der Waals surface area contributed by atoms with Crippen LogP contribution >= 0.6 is 27.3 Å². The summed E-state index contributed by atoms with van der Waals surface area (Å²) in [6, 6.07) is 2.12. The lowest BCUT2D eigenvalue weighted by atomic mass is 10.0. The van der Waals surface area contributed by atoms with E-state index in [0.717, 1.165) is 18.8 Å². The molecule has 0 saturated carbocycles.